The molecule has 5 nitrogen and oxygen atoms in total. The molecule has 2 aliphatic heterocycles. The summed E-state index contributed by atoms with van der Waals surface area (Å²) in [6.45, 7) is 7.26. The van der Waals surface area contributed by atoms with Gasteiger partial charge >= 0.3 is 0 Å². The van der Waals surface area contributed by atoms with E-state index in [0.29, 0.717) is 0 Å². The number of hydrogen-bond acceptors (Lipinski definition) is 5. The Balaban J connectivity index is 1.13. The first-order valence-corrected chi connectivity index (χ1v) is 10.9. The molecule has 29 heavy (non-hydrogen) atoms. The molecule has 0 bridgehead atoms. The Labute approximate surface area is 174 Å². The number of para-hydroxylation sites is 1. The van der Waals surface area contributed by atoms with Crippen LogP contribution in [-0.2, 0) is 0 Å². The largest absolute Gasteiger partial charge is 0.494 e. The Kier molecular flexibility index (Phi) is 7.03. The summed E-state index contributed by atoms with van der Waals surface area (Å²) in [6.07, 6.45) is 4.55. The van der Waals surface area contributed by atoms with Crippen molar-refractivity contribution < 1.29 is 4.74 Å². The van der Waals surface area contributed by atoms with E-state index in [0.717, 1.165) is 76.0 Å². The average molecular weight is 393 g/mol. The molecule has 5 heteroatoms. The third-order valence-electron chi connectivity index (χ3n) is 5.65. The highest BCUT2D eigenvalue weighted by Crippen LogP contribution is 2.18. The van der Waals surface area contributed by atoms with E-state index in [2.05, 4.69) is 62.6 Å². The molecule has 4 rings (SSSR count). The van der Waals surface area contributed by atoms with Crippen molar-refractivity contribution in [2.75, 3.05) is 56.1 Å². The number of aliphatic imine (C=N–C) groups is 1. The molecule has 154 valence electrons. The molecule has 0 unspecified atom stereocenters. The highest BCUT2D eigenvalue weighted by Gasteiger charge is 2.16. The van der Waals surface area contributed by atoms with Gasteiger partial charge in [-0.1, -0.05) is 18.2 Å². The summed E-state index contributed by atoms with van der Waals surface area (Å²) in [7, 11) is 0. The normalized spacial score (nSPS) is 17.7. The van der Waals surface area contributed by atoms with Gasteiger partial charge in [0.15, 0.2) is 0 Å². The molecule has 0 amide bonds. The van der Waals surface area contributed by atoms with Crippen LogP contribution in [0.1, 0.15) is 25.7 Å². The Morgan fingerprint density at radius 3 is 2.41 bits per heavy atom. The first-order valence-electron chi connectivity index (χ1n) is 10.9. The minimum atomic E-state index is 0.762. The van der Waals surface area contributed by atoms with Crippen LogP contribution in [0.3, 0.4) is 0 Å². The number of piperazine rings is 1. The van der Waals surface area contributed by atoms with Crippen molar-refractivity contribution in [2.45, 2.75) is 25.7 Å². The van der Waals surface area contributed by atoms with E-state index < -0.39 is 0 Å². The summed E-state index contributed by atoms with van der Waals surface area (Å²) in [5.74, 6) is 2.05. The van der Waals surface area contributed by atoms with Gasteiger partial charge in [0.2, 0.25) is 0 Å². The fourth-order valence-electron chi connectivity index (χ4n) is 3.95. The maximum Gasteiger partial charge on any atom is 0.119 e. The first kappa shape index (κ1) is 19.8. The molecular formula is C24H32N4O. The number of rotatable bonds is 7. The predicted octanol–water partition coefficient (Wildman–Crippen LogP) is 4.27. The molecule has 2 aliphatic rings. The fraction of sp³-hybridized carbons (Fsp3) is 0.458. The second-order valence-electron chi connectivity index (χ2n) is 7.80. The van der Waals surface area contributed by atoms with Gasteiger partial charge in [-0.05, 0) is 55.7 Å². The maximum absolute atomic E-state index is 5.94. The van der Waals surface area contributed by atoms with Crippen molar-refractivity contribution in [3.8, 4) is 5.75 Å². The van der Waals surface area contributed by atoms with E-state index in [1.807, 2.05) is 12.1 Å². The molecule has 0 radical (unpaired) electrons. The molecule has 2 aromatic rings. The van der Waals surface area contributed by atoms with Crippen LogP contribution in [-0.4, -0.2) is 56.6 Å². The summed E-state index contributed by atoms with van der Waals surface area (Å²) in [6, 6.07) is 19.0. The molecule has 1 saturated heterocycles. The summed E-state index contributed by atoms with van der Waals surface area (Å²) in [4.78, 5) is 9.56. The first-order chi connectivity index (χ1) is 14.4. The van der Waals surface area contributed by atoms with Crippen LogP contribution in [0.4, 0.5) is 11.4 Å². The SMILES string of the molecule is c1ccc(N2CCN(CCCOc3ccc(NC4=NCCCC4)cc3)CC2)cc1. The predicted molar refractivity (Wildman–Crippen MR) is 121 cm³/mol. The smallest absolute Gasteiger partial charge is 0.119 e. The zero-order valence-electron chi connectivity index (χ0n) is 17.2. The van der Waals surface area contributed by atoms with Gasteiger partial charge < -0.3 is 15.0 Å². The third kappa shape index (κ3) is 5.97. The summed E-state index contributed by atoms with van der Waals surface area (Å²) in [5, 5.41) is 3.42. The number of amidine groups is 1. The lowest BCUT2D eigenvalue weighted by Gasteiger charge is -2.36. The average Bonchev–Trinajstić information content (AvgIpc) is 2.79. The molecule has 2 aromatic carbocycles. The van der Waals surface area contributed by atoms with Crippen LogP contribution in [0.25, 0.3) is 0 Å². The van der Waals surface area contributed by atoms with Gasteiger partial charge in [-0.2, -0.15) is 0 Å². The van der Waals surface area contributed by atoms with Gasteiger partial charge in [-0.3, -0.25) is 9.89 Å². The molecular weight excluding hydrogens is 360 g/mol. The molecule has 0 aliphatic carbocycles. The highest BCUT2D eigenvalue weighted by atomic mass is 16.5. The van der Waals surface area contributed by atoms with Crippen LogP contribution in [0.15, 0.2) is 59.6 Å². The number of benzene rings is 2. The lowest BCUT2D eigenvalue weighted by molar-refractivity contribution is 0.225. The Morgan fingerprint density at radius 2 is 1.69 bits per heavy atom. The monoisotopic (exact) mass is 392 g/mol. The standard InChI is InChI=1S/C24H32N4O/c1-2-7-22(8-3-1)28-18-16-27(17-19-28)15-6-20-29-23-12-10-21(11-13-23)26-24-9-4-5-14-25-24/h1-3,7-8,10-13H,4-6,9,14-20H2,(H,25,26). The van der Waals surface area contributed by atoms with Crippen molar-refractivity contribution in [3.63, 3.8) is 0 Å². The molecule has 2 heterocycles. The summed E-state index contributed by atoms with van der Waals surface area (Å²) >= 11 is 0. The van der Waals surface area contributed by atoms with E-state index in [9.17, 15) is 0 Å². The van der Waals surface area contributed by atoms with Crippen molar-refractivity contribution in [1.82, 2.24) is 4.90 Å². The van der Waals surface area contributed by atoms with Gasteiger partial charge in [0.05, 0.1) is 6.61 Å². The lowest BCUT2D eigenvalue weighted by atomic mass is 10.2. The third-order valence-corrected chi connectivity index (χ3v) is 5.65. The maximum atomic E-state index is 5.94. The van der Waals surface area contributed by atoms with Crippen LogP contribution >= 0.6 is 0 Å². The van der Waals surface area contributed by atoms with Gasteiger partial charge in [-0.15, -0.1) is 0 Å². The molecule has 0 aromatic heterocycles. The second kappa shape index (κ2) is 10.3. The quantitative estimate of drug-likeness (QED) is 0.715. The van der Waals surface area contributed by atoms with Gasteiger partial charge in [0, 0.05) is 57.1 Å². The Bertz CT molecular complexity index is 767. The number of ether oxygens (including phenoxy) is 1. The van der Waals surface area contributed by atoms with E-state index >= 15 is 0 Å². The van der Waals surface area contributed by atoms with Crippen molar-refractivity contribution in [3.05, 3.63) is 54.6 Å². The minimum absolute atomic E-state index is 0.762. The summed E-state index contributed by atoms with van der Waals surface area (Å²) in [5.41, 5.74) is 2.43. The molecule has 1 N–H and O–H groups in total. The van der Waals surface area contributed by atoms with Crippen LogP contribution in [0, 0.1) is 0 Å². The fourth-order valence-corrected chi connectivity index (χ4v) is 3.95. The van der Waals surface area contributed by atoms with E-state index in [1.165, 1.54) is 18.5 Å². The van der Waals surface area contributed by atoms with Crippen LogP contribution < -0.4 is 15.0 Å². The minimum Gasteiger partial charge on any atom is -0.494 e. The molecule has 0 atom stereocenters. The number of nitrogens with zero attached hydrogens (tertiary/aromatic N) is 3. The zero-order chi connectivity index (χ0) is 19.7. The Hall–Kier alpha value is -2.53. The van der Waals surface area contributed by atoms with Gasteiger partial charge in [0.1, 0.15) is 11.6 Å². The second-order valence-corrected chi connectivity index (χ2v) is 7.80. The van der Waals surface area contributed by atoms with Gasteiger partial charge in [0.25, 0.3) is 0 Å². The lowest BCUT2D eigenvalue weighted by Crippen LogP contribution is -2.46. The zero-order valence-corrected chi connectivity index (χ0v) is 17.2. The Morgan fingerprint density at radius 1 is 0.897 bits per heavy atom. The van der Waals surface area contributed by atoms with E-state index in [1.54, 1.807) is 0 Å². The summed E-state index contributed by atoms with van der Waals surface area (Å²) < 4.78 is 5.94. The van der Waals surface area contributed by atoms with Crippen molar-refractivity contribution >= 4 is 17.2 Å². The number of hydrogen-bond donors (Lipinski definition) is 1. The topological polar surface area (TPSA) is 40.1 Å². The number of anilines is 2. The van der Waals surface area contributed by atoms with Crippen LogP contribution in [0.2, 0.25) is 0 Å². The van der Waals surface area contributed by atoms with E-state index in [-0.39, 0.29) is 0 Å². The molecule has 1 fully saturated rings. The molecule has 0 saturated carbocycles. The highest BCUT2D eigenvalue weighted by molar-refractivity contribution is 5.95. The van der Waals surface area contributed by atoms with Crippen molar-refractivity contribution in [2.24, 2.45) is 4.99 Å². The van der Waals surface area contributed by atoms with Crippen molar-refractivity contribution in [1.29, 1.82) is 0 Å². The van der Waals surface area contributed by atoms with E-state index in [4.69, 9.17) is 4.74 Å². The number of nitrogens with one attached hydrogen (secondary N) is 1. The van der Waals surface area contributed by atoms with Gasteiger partial charge in [-0.25, -0.2) is 0 Å². The van der Waals surface area contributed by atoms with Crippen LogP contribution in [0.5, 0.6) is 5.75 Å². The molecule has 0 spiro atoms.